The first-order chi connectivity index (χ1) is 7.27. The first kappa shape index (κ1) is 10.8. The van der Waals surface area contributed by atoms with E-state index in [-0.39, 0.29) is 0 Å². The molecule has 0 spiro atoms. The SMILES string of the molecule is Cc1ccsc1CNCc1scnc1C. The molecule has 0 radical (unpaired) electrons. The first-order valence-electron chi connectivity index (χ1n) is 4.90. The Morgan fingerprint density at radius 2 is 2.00 bits per heavy atom. The molecule has 0 bridgehead atoms. The highest BCUT2D eigenvalue weighted by molar-refractivity contribution is 7.10. The Bertz CT molecular complexity index is 391. The summed E-state index contributed by atoms with van der Waals surface area (Å²) in [7, 11) is 0. The largest absolute Gasteiger partial charge is 0.307 e. The Morgan fingerprint density at radius 1 is 1.20 bits per heavy atom. The molecule has 2 aromatic heterocycles. The summed E-state index contributed by atoms with van der Waals surface area (Å²) < 4.78 is 0. The molecule has 0 unspecified atom stereocenters. The standard InChI is InChI=1S/C11H14N2S2/c1-8-3-4-14-10(8)5-12-6-11-9(2)13-7-15-11/h3-4,7,12H,5-6H2,1-2H3. The molecular formula is C11H14N2S2. The van der Waals surface area contributed by atoms with Crippen molar-refractivity contribution >= 4 is 22.7 Å². The number of thiophene rings is 1. The minimum atomic E-state index is 0.924. The average molecular weight is 238 g/mol. The molecule has 15 heavy (non-hydrogen) atoms. The van der Waals surface area contributed by atoms with Crippen LogP contribution in [0.15, 0.2) is 17.0 Å². The molecule has 0 atom stereocenters. The van der Waals surface area contributed by atoms with E-state index in [2.05, 4.69) is 35.6 Å². The fraction of sp³-hybridized carbons (Fsp3) is 0.364. The molecule has 0 saturated carbocycles. The lowest BCUT2D eigenvalue weighted by Crippen LogP contribution is -2.12. The molecule has 0 fully saturated rings. The summed E-state index contributed by atoms with van der Waals surface area (Å²) >= 11 is 3.54. The van der Waals surface area contributed by atoms with Crippen LogP contribution in [0.25, 0.3) is 0 Å². The van der Waals surface area contributed by atoms with Crippen LogP contribution in [0.4, 0.5) is 0 Å². The van der Waals surface area contributed by atoms with Crippen molar-refractivity contribution in [3.05, 3.63) is 38.0 Å². The van der Waals surface area contributed by atoms with Crippen LogP contribution in [0, 0.1) is 13.8 Å². The topological polar surface area (TPSA) is 24.9 Å². The van der Waals surface area contributed by atoms with Crippen LogP contribution in [-0.4, -0.2) is 4.98 Å². The number of rotatable bonds is 4. The van der Waals surface area contributed by atoms with Crippen molar-refractivity contribution in [1.29, 1.82) is 0 Å². The summed E-state index contributed by atoms with van der Waals surface area (Å²) in [5.41, 5.74) is 4.44. The molecule has 2 aromatic rings. The maximum absolute atomic E-state index is 4.23. The summed E-state index contributed by atoms with van der Waals surface area (Å²) in [6.07, 6.45) is 0. The quantitative estimate of drug-likeness (QED) is 0.885. The summed E-state index contributed by atoms with van der Waals surface area (Å²) in [6, 6.07) is 2.17. The van der Waals surface area contributed by atoms with Crippen LogP contribution in [0.1, 0.15) is 21.0 Å². The number of thiazole rings is 1. The number of nitrogens with one attached hydrogen (secondary N) is 1. The molecule has 1 N–H and O–H groups in total. The minimum absolute atomic E-state index is 0.924. The van der Waals surface area contributed by atoms with Crippen LogP contribution >= 0.6 is 22.7 Å². The molecule has 0 aromatic carbocycles. The van der Waals surface area contributed by atoms with Crippen LogP contribution < -0.4 is 5.32 Å². The lowest BCUT2D eigenvalue weighted by molar-refractivity contribution is 0.702. The highest BCUT2D eigenvalue weighted by Gasteiger charge is 2.02. The maximum atomic E-state index is 4.23. The van der Waals surface area contributed by atoms with Gasteiger partial charge in [0.1, 0.15) is 0 Å². The van der Waals surface area contributed by atoms with E-state index in [1.54, 1.807) is 11.3 Å². The molecular weight excluding hydrogens is 224 g/mol. The van der Waals surface area contributed by atoms with Gasteiger partial charge in [0.15, 0.2) is 0 Å². The molecule has 2 rings (SSSR count). The molecule has 0 aliphatic heterocycles. The van der Waals surface area contributed by atoms with Crippen LogP contribution in [-0.2, 0) is 13.1 Å². The molecule has 0 amide bonds. The van der Waals surface area contributed by atoms with Gasteiger partial charge in [-0.15, -0.1) is 22.7 Å². The highest BCUT2D eigenvalue weighted by Crippen LogP contribution is 2.16. The van der Waals surface area contributed by atoms with E-state index in [0.717, 1.165) is 18.8 Å². The lowest BCUT2D eigenvalue weighted by atomic mass is 10.3. The van der Waals surface area contributed by atoms with Gasteiger partial charge in [-0.25, -0.2) is 4.98 Å². The van der Waals surface area contributed by atoms with Gasteiger partial charge >= 0.3 is 0 Å². The molecule has 2 heterocycles. The predicted molar refractivity (Wildman–Crippen MR) is 66.5 cm³/mol. The molecule has 4 heteroatoms. The van der Waals surface area contributed by atoms with Gasteiger partial charge < -0.3 is 5.32 Å². The zero-order valence-electron chi connectivity index (χ0n) is 8.91. The predicted octanol–water partition coefficient (Wildman–Crippen LogP) is 3.11. The second-order valence-corrected chi connectivity index (χ2v) is 5.43. The summed E-state index contributed by atoms with van der Waals surface area (Å²) in [6.45, 7) is 6.10. The Kier molecular flexibility index (Phi) is 3.51. The molecule has 0 aliphatic rings. The van der Waals surface area contributed by atoms with Crippen molar-refractivity contribution < 1.29 is 0 Å². The van der Waals surface area contributed by atoms with Crippen molar-refractivity contribution in [2.24, 2.45) is 0 Å². The number of aryl methyl sites for hydroxylation is 2. The summed E-state index contributed by atoms with van der Waals surface area (Å²) in [4.78, 5) is 7.00. The number of hydrogen-bond donors (Lipinski definition) is 1. The third kappa shape index (κ3) is 2.65. The number of aromatic nitrogens is 1. The molecule has 0 aliphatic carbocycles. The summed E-state index contributed by atoms with van der Waals surface area (Å²) in [5, 5.41) is 5.60. The Morgan fingerprint density at radius 3 is 2.60 bits per heavy atom. The van der Waals surface area contributed by atoms with Gasteiger partial charge in [-0.2, -0.15) is 0 Å². The van der Waals surface area contributed by atoms with E-state index in [4.69, 9.17) is 0 Å². The van der Waals surface area contributed by atoms with E-state index in [1.807, 2.05) is 16.8 Å². The Balaban J connectivity index is 1.86. The van der Waals surface area contributed by atoms with Crippen molar-refractivity contribution in [3.8, 4) is 0 Å². The molecule has 2 nitrogen and oxygen atoms in total. The zero-order chi connectivity index (χ0) is 10.7. The first-order valence-corrected chi connectivity index (χ1v) is 6.66. The van der Waals surface area contributed by atoms with Crippen LogP contribution in [0.2, 0.25) is 0 Å². The van der Waals surface area contributed by atoms with Crippen LogP contribution in [0.3, 0.4) is 0 Å². The normalized spacial score (nSPS) is 10.8. The van der Waals surface area contributed by atoms with Crippen molar-refractivity contribution in [3.63, 3.8) is 0 Å². The smallest absolute Gasteiger partial charge is 0.0798 e. The van der Waals surface area contributed by atoms with Gasteiger partial charge in [0.2, 0.25) is 0 Å². The second kappa shape index (κ2) is 4.88. The minimum Gasteiger partial charge on any atom is -0.307 e. The van der Waals surface area contributed by atoms with Crippen molar-refractivity contribution in [2.45, 2.75) is 26.9 Å². The number of hydrogen-bond acceptors (Lipinski definition) is 4. The van der Waals surface area contributed by atoms with Gasteiger partial charge in [0.05, 0.1) is 11.2 Å². The fourth-order valence-corrected chi connectivity index (χ4v) is 2.99. The molecule has 0 saturated heterocycles. The summed E-state index contributed by atoms with van der Waals surface area (Å²) in [5.74, 6) is 0. The van der Waals surface area contributed by atoms with Crippen LogP contribution in [0.5, 0.6) is 0 Å². The molecule has 80 valence electrons. The van der Waals surface area contributed by atoms with E-state index in [1.165, 1.54) is 15.3 Å². The fourth-order valence-electron chi connectivity index (χ4n) is 1.37. The van der Waals surface area contributed by atoms with Gasteiger partial charge in [-0.3, -0.25) is 0 Å². The Hall–Kier alpha value is -0.710. The van der Waals surface area contributed by atoms with Gasteiger partial charge in [-0.05, 0) is 30.9 Å². The van der Waals surface area contributed by atoms with E-state index < -0.39 is 0 Å². The maximum Gasteiger partial charge on any atom is 0.0798 e. The van der Waals surface area contributed by atoms with Gasteiger partial charge in [-0.1, -0.05) is 0 Å². The van der Waals surface area contributed by atoms with E-state index in [9.17, 15) is 0 Å². The van der Waals surface area contributed by atoms with E-state index >= 15 is 0 Å². The monoisotopic (exact) mass is 238 g/mol. The third-order valence-electron chi connectivity index (χ3n) is 2.38. The van der Waals surface area contributed by atoms with Crippen molar-refractivity contribution in [2.75, 3.05) is 0 Å². The highest BCUT2D eigenvalue weighted by atomic mass is 32.1. The third-order valence-corrected chi connectivity index (χ3v) is 4.34. The average Bonchev–Trinajstić information content (AvgIpc) is 2.78. The zero-order valence-corrected chi connectivity index (χ0v) is 10.5. The van der Waals surface area contributed by atoms with Gasteiger partial charge in [0.25, 0.3) is 0 Å². The second-order valence-electron chi connectivity index (χ2n) is 3.49. The van der Waals surface area contributed by atoms with Gasteiger partial charge in [0, 0.05) is 22.8 Å². The lowest BCUT2D eigenvalue weighted by Gasteiger charge is -2.02. The van der Waals surface area contributed by atoms with E-state index in [0.29, 0.717) is 0 Å². The Labute approximate surface area is 98.0 Å². The number of nitrogens with zero attached hydrogens (tertiary/aromatic N) is 1. The van der Waals surface area contributed by atoms with Crippen molar-refractivity contribution in [1.82, 2.24) is 10.3 Å².